The maximum atomic E-state index is 2.20. The van der Waals surface area contributed by atoms with Crippen LogP contribution in [0.25, 0.3) is 10.1 Å². The summed E-state index contributed by atoms with van der Waals surface area (Å²) in [4.78, 5) is 0. The standard InChI is InChI=1S/C9H12.C8H6S/c1-8(2)9-6-4-3-5-7-9;1-2-4-8-7(3-1)5-6-9-8/h3-8H,1-2H3;1-6H. The van der Waals surface area contributed by atoms with Crippen LogP contribution in [0.5, 0.6) is 0 Å². The van der Waals surface area contributed by atoms with E-state index in [1.54, 1.807) is 11.3 Å². The fourth-order valence-electron chi connectivity index (χ4n) is 1.74. The topological polar surface area (TPSA) is 0 Å². The minimum atomic E-state index is 0.659. The van der Waals surface area contributed by atoms with Crippen molar-refractivity contribution in [3.8, 4) is 0 Å². The van der Waals surface area contributed by atoms with Crippen LogP contribution >= 0.6 is 11.3 Å². The highest BCUT2D eigenvalue weighted by atomic mass is 32.1. The molecule has 0 atom stereocenters. The second kappa shape index (κ2) is 6.36. The first kappa shape index (κ1) is 12.8. The van der Waals surface area contributed by atoms with Crippen molar-refractivity contribution in [1.82, 2.24) is 0 Å². The Balaban J connectivity index is 0.000000134. The van der Waals surface area contributed by atoms with E-state index in [1.807, 2.05) is 6.07 Å². The van der Waals surface area contributed by atoms with E-state index in [0.717, 1.165) is 0 Å². The minimum absolute atomic E-state index is 0.659. The molecule has 0 aliphatic carbocycles. The molecule has 0 aliphatic heterocycles. The van der Waals surface area contributed by atoms with Crippen LogP contribution in [0.3, 0.4) is 0 Å². The Morgan fingerprint density at radius 3 is 2.06 bits per heavy atom. The Hall–Kier alpha value is -1.60. The number of hydrogen-bond acceptors (Lipinski definition) is 1. The molecule has 0 saturated carbocycles. The number of benzene rings is 2. The molecule has 0 bridgehead atoms. The fraction of sp³-hybridized carbons (Fsp3) is 0.176. The quantitative estimate of drug-likeness (QED) is 0.521. The lowest BCUT2D eigenvalue weighted by Crippen LogP contribution is -1.83. The monoisotopic (exact) mass is 254 g/mol. The average molecular weight is 254 g/mol. The summed E-state index contributed by atoms with van der Waals surface area (Å²) in [6.45, 7) is 4.41. The van der Waals surface area contributed by atoms with Crippen LogP contribution in [0.1, 0.15) is 25.3 Å². The SMILES string of the molecule is CC(C)c1ccccc1.c1ccc2sccc2c1. The van der Waals surface area contributed by atoms with Gasteiger partial charge in [-0.25, -0.2) is 0 Å². The van der Waals surface area contributed by atoms with Crippen molar-refractivity contribution >= 4 is 21.4 Å². The molecule has 0 spiro atoms. The molecule has 1 heteroatoms. The molecular formula is C17H18S. The van der Waals surface area contributed by atoms with E-state index in [2.05, 4.69) is 73.8 Å². The molecule has 18 heavy (non-hydrogen) atoms. The Bertz CT molecular complexity index is 548. The van der Waals surface area contributed by atoms with Gasteiger partial charge in [-0.3, -0.25) is 0 Å². The lowest BCUT2D eigenvalue weighted by Gasteiger charge is -2.01. The summed E-state index contributed by atoms with van der Waals surface area (Å²) in [6, 6.07) is 21.1. The summed E-state index contributed by atoms with van der Waals surface area (Å²) < 4.78 is 1.37. The van der Waals surface area contributed by atoms with Gasteiger partial charge in [0.15, 0.2) is 0 Å². The van der Waals surface area contributed by atoms with E-state index in [-0.39, 0.29) is 0 Å². The predicted molar refractivity (Wildman–Crippen MR) is 82.4 cm³/mol. The van der Waals surface area contributed by atoms with Crippen molar-refractivity contribution < 1.29 is 0 Å². The van der Waals surface area contributed by atoms with Crippen molar-refractivity contribution in [3.63, 3.8) is 0 Å². The Labute approximate surface area is 113 Å². The molecule has 3 aromatic rings. The molecule has 2 aromatic carbocycles. The lowest BCUT2D eigenvalue weighted by molar-refractivity contribution is 0.867. The first-order valence-electron chi connectivity index (χ1n) is 6.24. The molecule has 92 valence electrons. The summed E-state index contributed by atoms with van der Waals surface area (Å²) in [5.74, 6) is 0.659. The molecule has 0 unspecified atom stereocenters. The molecule has 3 rings (SSSR count). The Morgan fingerprint density at radius 1 is 0.778 bits per heavy atom. The molecule has 1 aromatic heterocycles. The van der Waals surface area contributed by atoms with Crippen molar-refractivity contribution in [2.75, 3.05) is 0 Å². The molecule has 0 saturated heterocycles. The van der Waals surface area contributed by atoms with Gasteiger partial charge in [0.1, 0.15) is 0 Å². The summed E-state index contributed by atoms with van der Waals surface area (Å²) in [5, 5.41) is 3.47. The maximum Gasteiger partial charge on any atom is 0.0342 e. The second-order valence-electron chi connectivity index (χ2n) is 4.52. The predicted octanol–water partition coefficient (Wildman–Crippen LogP) is 5.71. The Morgan fingerprint density at radius 2 is 1.44 bits per heavy atom. The van der Waals surface area contributed by atoms with Gasteiger partial charge in [-0.1, -0.05) is 62.4 Å². The van der Waals surface area contributed by atoms with E-state index in [1.165, 1.54) is 15.6 Å². The summed E-state index contributed by atoms with van der Waals surface area (Å²) in [6.07, 6.45) is 0. The normalized spacial score (nSPS) is 10.2. The largest absolute Gasteiger partial charge is 0.144 e. The first-order chi connectivity index (χ1) is 8.77. The van der Waals surface area contributed by atoms with Crippen LogP contribution < -0.4 is 0 Å². The molecule has 0 fully saturated rings. The second-order valence-corrected chi connectivity index (χ2v) is 5.47. The van der Waals surface area contributed by atoms with Crippen LogP contribution in [0, 0.1) is 0 Å². The molecule has 0 nitrogen and oxygen atoms in total. The third-order valence-electron chi connectivity index (χ3n) is 2.83. The van der Waals surface area contributed by atoms with Gasteiger partial charge in [0.2, 0.25) is 0 Å². The van der Waals surface area contributed by atoms with Crippen LogP contribution in [-0.2, 0) is 0 Å². The first-order valence-corrected chi connectivity index (χ1v) is 7.12. The zero-order chi connectivity index (χ0) is 12.8. The van der Waals surface area contributed by atoms with E-state index < -0.39 is 0 Å². The highest BCUT2D eigenvalue weighted by molar-refractivity contribution is 7.17. The van der Waals surface area contributed by atoms with Gasteiger partial charge in [-0.2, -0.15) is 0 Å². The van der Waals surface area contributed by atoms with Crippen molar-refractivity contribution in [2.24, 2.45) is 0 Å². The summed E-state index contributed by atoms with van der Waals surface area (Å²) >= 11 is 1.79. The van der Waals surface area contributed by atoms with Gasteiger partial charge in [0.05, 0.1) is 0 Å². The molecule has 0 radical (unpaired) electrons. The summed E-state index contributed by atoms with van der Waals surface area (Å²) in [7, 11) is 0. The third-order valence-corrected chi connectivity index (χ3v) is 3.73. The lowest BCUT2D eigenvalue weighted by atomic mass is 10.0. The molecular weight excluding hydrogens is 236 g/mol. The number of rotatable bonds is 1. The summed E-state index contributed by atoms with van der Waals surface area (Å²) in [5.41, 5.74) is 1.41. The zero-order valence-corrected chi connectivity index (χ0v) is 11.7. The van der Waals surface area contributed by atoms with Gasteiger partial charge in [0, 0.05) is 4.70 Å². The Kier molecular flexibility index (Phi) is 4.54. The van der Waals surface area contributed by atoms with Gasteiger partial charge >= 0.3 is 0 Å². The van der Waals surface area contributed by atoms with E-state index in [0.29, 0.717) is 5.92 Å². The van der Waals surface area contributed by atoms with E-state index >= 15 is 0 Å². The molecule has 0 amide bonds. The molecule has 0 N–H and O–H groups in total. The van der Waals surface area contributed by atoms with Crippen molar-refractivity contribution in [3.05, 3.63) is 71.6 Å². The number of hydrogen-bond donors (Lipinski definition) is 0. The fourth-order valence-corrected chi connectivity index (χ4v) is 2.53. The maximum absolute atomic E-state index is 2.20. The third kappa shape index (κ3) is 3.44. The molecule has 0 aliphatic rings. The van der Waals surface area contributed by atoms with Crippen LogP contribution in [0.15, 0.2) is 66.0 Å². The molecule has 1 heterocycles. The van der Waals surface area contributed by atoms with Gasteiger partial charge in [0.25, 0.3) is 0 Å². The van der Waals surface area contributed by atoms with Crippen LogP contribution in [0.2, 0.25) is 0 Å². The number of fused-ring (bicyclic) bond motifs is 1. The van der Waals surface area contributed by atoms with Crippen molar-refractivity contribution in [1.29, 1.82) is 0 Å². The van der Waals surface area contributed by atoms with Gasteiger partial charge in [-0.05, 0) is 34.4 Å². The highest BCUT2D eigenvalue weighted by Crippen LogP contribution is 2.18. The van der Waals surface area contributed by atoms with E-state index in [4.69, 9.17) is 0 Å². The minimum Gasteiger partial charge on any atom is -0.144 e. The van der Waals surface area contributed by atoms with Gasteiger partial charge in [-0.15, -0.1) is 11.3 Å². The van der Waals surface area contributed by atoms with Crippen molar-refractivity contribution in [2.45, 2.75) is 19.8 Å². The van der Waals surface area contributed by atoms with E-state index in [9.17, 15) is 0 Å². The number of thiophene rings is 1. The smallest absolute Gasteiger partial charge is 0.0342 e. The van der Waals surface area contributed by atoms with Crippen LogP contribution in [0.4, 0.5) is 0 Å². The van der Waals surface area contributed by atoms with Crippen LogP contribution in [-0.4, -0.2) is 0 Å². The average Bonchev–Trinajstić information content (AvgIpc) is 2.89. The van der Waals surface area contributed by atoms with Gasteiger partial charge < -0.3 is 0 Å². The zero-order valence-electron chi connectivity index (χ0n) is 10.8. The highest BCUT2D eigenvalue weighted by Gasteiger charge is 1.93.